The van der Waals surface area contributed by atoms with E-state index in [2.05, 4.69) is 35.4 Å². The summed E-state index contributed by atoms with van der Waals surface area (Å²) in [4.78, 5) is 17.6. The maximum absolute atomic E-state index is 10.8. The van der Waals surface area contributed by atoms with Gasteiger partial charge in [0, 0.05) is 12.6 Å². The minimum Gasteiger partial charge on any atom is -0.462 e. The molecule has 1 aliphatic rings. The standard InChI is InChI=1S/C11H21N3O2/c1-4-11(15)16-7-5-6-14-9-12(2)8-13(3)10-14/h4H,1,5-10H2,2-3H3. The van der Waals surface area contributed by atoms with Crippen LogP contribution in [0.15, 0.2) is 12.7 Å². The predicted octanol–water partition coefficient (Wildman–Crippen LogP) is 0.157. The Morgan fingerprint density at radius 1 is 1.31 bits per heavy atom. The van der Waals surface area contributed by atoms with Crippen LogP contribution in [0.3, 0.4) is 0 Å². The van der Waals surface area contributed by atoms with Gasteiger partial charge in [-0.3, -0.25) is 14.7 Å². The third kappa shape index (κ3) is 4.74. The molecule has 0 aromatic rings. The maximum Gasteiger partial charge on any atom is 0.330 e. The number of ether oxygens (including phenoxy) is 1. The van der Waals surface area contributed by atoms with Crippen LogP contribution in [0.25, 0.3) is 0 Å². The van der Waals surface area contributed by atoms with Crippen molar-refractivity contribution in [2.24, 2.45) is 0 Å². The normalized spacial score (nSPS) is 19.6. The van der Waals surface area contributed by atoms with Crippen LogP contribution in [0.5, 0.6) is 0 Å². The zero-order valence-electron chi connectivity index (χ0n) is 10.2. The molecule has 5 heteroatoms. The van der Waals surface area contributed by atoms with E-state index in [1.165, 1.54) is 6.08 Å². The average molecular weight is 227 g/mol. The van der Waals surface area contributed by atoms with E-state index in [0.29, 0.717) is 6.61 Å². The summed E-state index contributed by atoms with van der Waals surface area (Å²) in [6, 6.07) is 0. The number of rotatable bonds is 5. The van der Waals surface area contributed by atoms with Gasteiger partial charge in [0.15, 0.2) is 0 Å². The van der Waals surface area contributed by atoms with Crippen molar-refractivity contribution in [2.45, 2.75) is 6.42 Å². The van der Waals surface area contributed by atoms with Crippen LogP contribution in [0.2, 0.25) is 0 Å². The van der Waals surface area contributed by atoms with Crippen LogP contribution in [0.1, 0.15) is 6.42 Å². The monoisotopic (exact) mass is 227 g/mol. The summed E-state index contributed by atoms with van der Waals surface area (Å²) in [6.07, 6.45) is 2.06. The largest absolute Gasteiger partial charge is 0.462 e. The fourth-order valence-corrected chi connectivity index (χ4v) is 1.89. The van der Waals surface area contributed by atoms with Crippen molar-refractivity contribution >= 4 is 5.97 Å². The molecule has 0 saturated carbocycles. The molecule has 0 N–H and O–H groups in total. The molecular weight excluding hydrogens is 206 g/mol. The topological polar surface area (TPSA) is 36.0 Å². The second kappa shape index (κ2) is 6.62. The molecule has 0 bridgehead atoms. The van der Waals surface area contributed by atoms with Crippen molar-refractivity contribution < 1.29 is 9.53 Å². The van der Waals surface area contributed by atoms with E-state index in [9.17, 15) is 4.79 Å². The van der Waals surface area contributed by atoms with Gasteiger partial charge in [-0.1, -0.05) is 6.58 Å². The molecule has 1 fully saturated rings. The molecule has 1 aliphatic heterocycles. The minimum atomic E-state index is -0.340. The number of carbonyl (C=O) groups is 1. The predicted molar refractivity (Wildman–Crippen MR) is 62.6 cm³/mol. The van der Waals surface area contributed by atoms with Crippen LogP contribution in [-0.2, 0) is 9.53 Å². The highest BCUT2D eigenvalue weighted by molar-refractivity contribution is 5.81. The van der Waals surface area contributed by atoms with E-state index in [-0.39, 0.29) is 5.97 Å². The van der Waals surface area contributed by atoms with E-state index >= 15 is 0 Å². The van der Waals surface area contributed by atoms with Gasteiger partial charge in [0.2, 0.25) is 0 Å². The quantitative estimate of drug-likeness (QED) is 0.380. The summed E-state index contributed by atoms with van der Waals surface area (Å²) in [6.45, 7) is 7.71. The molecule has 0 aliphatic carbocycles. The lowest BCUT2D eigenvalue weighted by atomic mass is 10.4. The fourth-order valence-electron chi connectivity index (χ4n) is 1.89. The lowest BCUT2D eigenvalue weighted by Crippen LogP contribution is -2.52. The first-order valence-electron chi connectivity index (χ1n) is 5.50. The molecule has 0 aromatic carbocycles. The third-order valence-corrected chi connectivity index (χ3v) is 2.40. The Morgan fingerprint density at radius 3 is 2.50 bits per heavy atom. The third-order valence-electron chi connectivity index (χ3n) is 2.40. The van der Waals surface area contributed by atoms with Crippen LogP contribution in [-0.4, -0.2) is 67.9 Å². The Labute approximate surface area is 97.2 Å². The fraction of sp³-hybridized carbons (Fsp3) is 0.727. The van der Waals surface area contributed by atoms with Crippen molar-refractivity contribution in [3.05, 3.63) is 12.7 Å². The van der Waals surface area contributed by atoms with Crippen molar-refractivity contribution in [3.63, 3.8) is 0 Å². The van der Waals surface area contributed by atoms with Crippen LogP contribution in [0.4, 0.5) is 0 Å². The van der Waals surface area contributed by atoms with E-state index in [4.69, 9.17) is 4.74 Å². The van der Waals surface area contributed by atoms with E-state index in [0.717, 1.165) is 33.0 Å². The van der Waals surface area contributed by atoms with Gasteiger partial charge in [-0.15, -0.1) is 0 Å². The molecule has 0 unspecified atom stereocenters. The Hall–Kier alpha value is -0.910. The van der Waals surface area contributed by atoms with Gasteiger partial charge in [0.25, 0.3) is 0 Å². The highest BCUT2D eigenvalue weighted by Gasteiger charge is 2.17. The SMILES string of the molecule is C=CC(=O)OCCCN1CN(C)CN(C)C1. The Morgan fingerprint density at radius 2 is 1.94 bits per heavy atom. The summed E-state index contributed by atoms with van der Waals surface area (Å²) in [5, 5.41) is 0. The van der Waals surface area contributed by atoms with Crippen LogP contribution in [0, 0.1) is 0 Å². The van der Waals surface area contributed by atoms with Crippen LogP contribution < -0.4 is 0 Å². The Balaban J connectivity index is 2.12. The second-order valence-corrected chi connectivity index (χ2v) is 4.26. The molecule has 0 radical (unpaired) electrons. The van der Waals surface area contributed by atoms with Gasteiger partial charge < -0.3 is 4.74 Å². The molecule has 0 atom stereocenters. The molecule has 16 heavy (non-hydrogen) atoms. The second-order valence-electron chi connectivity index (χ2n) is 4.26. The van der Waals surface area contributed by atoms with Gasteiger partial charge in [0.1, 0.15) is 0 Å². The van der Waals surface area contributed by atoms with Crippen molar-refractivity contribution in [2.75, 3.05) is 47.3 Å². The minimum absolute atomic E-state index is 0.340. The van der Waals surface area contributed by atoms with Crippen LogP contribution >= 0.6 is 0 Å². The summed E-state index contributed by atoms with van der Waals surface area (Å²) in [5.41, 5.74) is 0. The lowest BCUT2D eigenvalue weighted by molar-refractivity contribution is -0.138. The highest BCUT2D eigenvalue weighted by atomic mass is 16.5. The summed E-state index contributed by atoms with van der Waals surface area (Å²) in [5.74, 6) is -0.340. The smallest absolute Gasteiger partial charge is 0.330 e. The zero-order chi connectivity index (χ0) is 12.0. The first kappa shape index (κ1) is 13.2. The Kier molecular flexibility index (Phi) is 5.45. The molecule has 0 spiro atoms. The highest BCUT2D eigenvalue weighted by Crippen LogP contribution is 2.03. The molecule has 1 heterocycles. The Bertz CT molecular complexity index is 235. The molecule has 0 aromatic heterocycles. The first-order valence-corrected chi connectivity index (χ1v) is 5.50. The molecule has 5 nitrogen and oxygen atoms in total. The van der Waals surface area contributed by atoms with Gasteiger partial charge in [-0.05, 0) is 20.5 Å². The number of esters is 1. The van der Waals surface area contributed by atoms with Crippen molar-refractivity contribution in [1.82, 2.24) is 14.7 Å². The molecule has 1 saturated heterocycles. The van der Waals surface area contributed by atoms with Gasteiger partial charge in [0.05, 0.1) is 26.6 Å². The number of hydrogen-bond donors (Lipinski definition) is 0. The van der Waals surface area contributed by atoms with E-state index in [1.54, 1.807) is 0 Å². The zero-order valence-corrected chi connectivity index (χ0v) is 10.2. The molecular formula is C11H21N3O2. The van der Waals surface area contributed by atoms with Crippen molar-refractivity contribution in [1.29, 1.82) is 0 Å². The average Bonchev–Trinajstić information content (AvgIpc) is 2.22. The number of carbonyl (C=O) groups excluding carboxylic acids is 1. The molecule has 1 rings (SSSR count). The first-order chi connectivity index (χ1) is 7.61. The summed E-state index contributed by atoms with van der Waals surface area (Å²) in [7, 11) is 4.20. The molecule has 92 valence electrons. The van der Waals surface area contributed by atoms with Crippen molar-refractivity contribution in [3.8, 4) is 0 Å². The number of hydrogen-bond acceptors (Lipinski definition) is 5. The molecule has 0 amide bonds. The summed E-state index contributed by atoms with van der Waals surface area (Å²) >= 11 is 0. The van der Waals surface area contributed by atoms with E-state index in [1.807, 2.05) is 0 Å². The maximum atomic E-state index is 10.8. The van der Waals surface area contributed by atoms with Gasteiger partial charge in [-0.25, -0.2) is 4.79 Å². The number of nitrogens with zero attached hydrogens (tertiary/aromatic N) is 3. The van der Waals surface area contributed by atoms with E-state index < -0.39 is 0 Å². The lowest BCUT2D eigenvalue weighted by Gasteiger charge is -2.38. The van der Waals surface area contributed by atoms with Gasteiger partial charge in [-0.2, -0.15) is 0 Å². The van der Waals surface area contributed by atoms with Gasteiger partial charge >= 0.3 is 5.97 Å². The summed E-state index contributed by atoms with van der Waals surface area (Å²) < 4.78 is 4.93.